The van der Waals surface area contributed by atoms with E-state index in [0.717, 1.165) is 42.5 Å². The lowest BCUT2D eigenvalue weighted by Crippen LogP contribution is -2.42. The average molecular weight is 449 g/mol. The van der Waals surface area contributed by atoms with E-state index in [1.807, 2.05) is 28.9 Å². The summed E-state index contributed by atoms with van der Waals surface area (Å²) in [6.07, 6.45) is 1.88. The number of nitrogen functional groups attached to an aromatic ring is 1. The fraction of sp³-hybridized carbons (Fsp3) is 0.400. The summed E-state index contributed by atoms with van der Waals surface area (Å²) in [4.78, 5) is 27.4. The average Bonchev–Trinajstić information content (AvgIpc) is 3.20. The summed E-state index contributed by atoms with van der Waals surface area (Å²) in [5.41, 5.74) is 8.56. The maximum Gasteiger partial charge on any atom is 0.272 e. The predicted octanol–water partition coefficient (Wildman–Crippen LogP) is 3.28. The molecule has 0 bridgehead atoms. The van der Waals surface area contributed by atoms with E-state index in [9.17, 15) is 9.59 Å². The third kappa shape index (κ3) is 5.51. The van der Waals surface area contributed by atoms with E-state index in [-0.39, 0.29) is 17.9 Å². The van der Waals surface area contributed by atoms with Crippen LogP contribution in [0.4, 0.5) is 11.4 Å². The molecule has 2 aromatic carbocycles. The molecule has 0 atom stereocenters. The van der Waals surface area contributed by atoms with Gasteiger partial charge in [0.05, 0.1) is 12.1 Å². The molecule has 1 aliphatic rings. The van der Waals surface area contributed by atoms with Crippen molar-refractivity contribution in [1.29, 1.82) is 0 Å². The first kappa shape index (κ1) is 22.8. The van der Waals surface area contributed by atoms with Gasteiger partial charge in [-0.25, -0.2) is 0 Å². The molecular weight excluding hydrogens is 416 g/mol. The SMILES string of the molecule is CC(C)n1nc(C(=O)NCC2CCN(CC(=O)Nc3ccc(N)cc3)CC2)c2ccccc21. The number of benzene rings is 2. The number of piperidine rings is 1. The number of carbonyl (C=O) groups excluding carboxylic acids is 2. The number of likely N-dealkylation sites (tertiary alicyclic amines) is 1. The molecular formula is C25H32N6O2. The van der Waals surface area contributed by atoms with Crippen LogP contribution in [0.5, 0.6) is 0 Å². The van der Waals surface area contributed by atoms with E-state index in [4.69, 9.17) is 5.73 Å². The Labute approximate surface area is 194 Å². The van der Waals surface area contributed by atoms with E-state index in [2.05, 4.69) is 34.5 Å². The molecule has 33 heavy (non-hydrogen) atoms. The Morgan fingerprint density at radius 1 is 1.09 bits per heavy atom. The van der Waals surface area contributed by atoms with Crippen LogP contribution in [0.3, 0.4) is 0 Å². The molecule has 4 N–H and O–H groups in total. The predicted molar refractivity (Wildman–Crippen MR) is 131 cm³/mol. The van der Waals surface area contributed by atoms with Crippen molar-refractivity contribution in [3.05, 3.63) is 54.2 Å². The Morgan fingerprint density at radius 2 is 1.79 bits per heavy atom. The summed E-state index contributed by atoms with van der Waals surface area (Å²) in [7, 11) is 0. The van der Waals surface area contributed by atoms with Crippen LogP contribution in [-0.2, 0) is 4.79 Å². The second-order valence-electron chi connectivity index (χ2n) is 9.00. The zero-order valence-electron chi connectivity index (χ0n) is 19.3. The molecule has 8 nitrogen and oxygen atoms in total. The van der Waals surface area contributed by atoms with Crippen molar-refractivity contribution in [3.63, 3.8) is 0 Å². The number of para-hydroxylation sites is 1. The van der Waals surface area contributed by atoms with Crippen molar-refractivity contribution in [2.75, 3.05) is 37.2 Å². The number of carbonyl (C=O) groups is 2. The van der Waals surface area contributed by atoms with Crippen molar-refractivity contribution in [2.45, 2.75) is 32.7 Å². The fourth-order valence-corrected chi connectivity index (χ4v) is 4.29. The summed E-state index contributed by atoms with van der Waals surface area (Å²) >= 11 is 0. The van der Waals surface area contributed by atoms with Gasteiger partial charge in [-0.2, -0.15) is 5.10 Å². The highest BCUT2D eigenvalue weighted by molar-refractivity contribution is 6.04. The largest absolute Gasteiger partial charge is 0.399 e. The van der Waals surface area contributed by atoms with Gasteiger partial charge in [0.25, 0.3) is 5.91 Å². The lowest BCUT2D eigenvalue weighted by molar-refractivity contribution is -0.117. The van der Waals surface area contributed by atoms with Gasteiger partial charge in [-0.3, -0.25) is 19.2 Å². The maximum atomic E-state index is 12.9. The number of nitrogens with one attached hydrogen (secondary N) is 2. The number of nitrogens with two attached hydrogens (primary N) is 1. The highest BCUT2D eigenvalue weighted by atomic mass is 16.2. The first-order valence-corrected chi connectivity index (χ1v) is 11.5. The second-order valence-corrected chi connectivity index (χ2v) is 9.00. The summed E-state index contributed by atoms with van der Waals surface area (Å²) in [5, 5.41) is 11.5. The molecule has 0 spiro atoms. The van der Waals surface area contributed by atoms with Crippen molar-refractivity contribution < 1.29 is 9.59 Å². The van der Waals surface area contributed by atoms with Crippen LogP contribution in [0.15, 0.2) is 48.5 Å². The zero-order valence-corrected chi connectivity index (χ0v) is 19.3. The Hall–Kier alpha value is -3.39. The van der Waals surface area contributed by atoms with E-state index in [1.165, 1.54) is 0 Å². The van der Waals surface area contributed by atoms with E-state index >= 15 is 0 Å². The summed E-state index contributed by atoms with van der Waals surface area (Å²) in [5.74, 6) is 0.235. The Balaban J connectivity index is 1.25. The molecule has 1 saturated heterocycles. The van der Waals surface area contributed by atoms with Gasteiger partial charge in [0.1, 0.15) is 0 Å². The minimum atomic E-state index is -0.129. The van der Waals surface area contributed by atoms with Gasteiger partial charge in [0.15, 0.2) is 5.69 Å². The Bertz CT molecular complexity index is 1110. The topological polar surface area (TPSA) is 105 Å². The standard InChI is InChI=1S/C25H32N6O2/c1-17(2)31-22-6-4-3-5-21(22)24(29-31)25(33)27-15-18-11-13-30(14-12-18)16-23(32)28-20-9-7-19(26)8-10-20/h3-10,17-18H,11-16,26H2,1-2H3,(H,27,33)(H,28,32). The quantitative estimate of drug-likeness (QED) is 0.481. The van der Waals surface area contributed by atoms with Gasteiger partial charge >= 0.3 is 0 Å². The molecule has 0 unspecified atom stereocenters. The minimum absolute atomic E-state index is 0.0286. The number of rotatable bonds is 7. The van der Waals surface area contributed by atoms with Crippen LogP contribution < -0.4 is 16.4 Å². The van der Waals surface area contributed by atoms with E-state index in [1.54, 1.807) is 24.3 Å². The van der Waals surface area contributed by atoms with Gasteiger partial charge in [-0.15, -0.1) is 0 Å². The first-order chi connectivity index (χ1) is 15.9. The lowest BCUT2D eigenvalue weighted by atomic mass is 9.96. The highest BCUT2D eigenvalue weighted by Crippen LogP contribution is 2.22. The lowest BCUT2D eigenvalue weighted by Gasteiger charge is -2.31. The van der Waals surface area contributed by atoms with Crippen LogP contribution in [0.1, 0.15) is 43.2 Å². The molecule has 174 valence electrons. The van der Waals surface area contributed by atoms with E-state index < -0.39 is 0 Å². The monoisotopic (exact) mass is 448 g/mol. The Morgan fingerprint density at radius 3 is 2.48 bits per heavy atom. The fourth-order valence-electron chi connectivity index (χ4n) is 4.29. The first-order valence-electron chi connectivity index (χ1n) is 11.5. The molecule has 1 aromatic heterocycles. The smallest absolute Gasteiger partial charge is 0.272 e. The molecule has 3 aromatic rings. The van der Waals surface area contributed by atoms with Gasteiger partial charge in [0.2, 0.25) is 5.91 Å². The number of hydrogen-bond donors (Lipinski definition) is 3. The molecule has 0 radical (unpaired) electrons. The minimum Gasteiger partial charge on any atom is -0.399 e. The zero-order chi connectivity index (χ0) is 23.4. The van der Waals surface area contributed by atoms with Gasteiger partial charge in [0, 0.05) is 29.3 Å². The number of fused-ring (bicyclic) bond motifs is 1. The van der Waals surface area contributed by atoms with Crippen LogP contribution in [0.2, 0.25) is 0 Å². The van der Waals surface area contributed by atoms with Crippen molar-refractivity contribution in [2.24, 2.45) is 5.92 Å². The van der Waals surface area contributed by atoms with Crippen molar-refractivity contribution in [1.82, 2.24) is 20.0 Å². The second kappa shape index (κ2) is 10.0. The van der Waals surface area contributed by atoms with Crippen molar-refractivity contribution in [3.8, 4) is 0 Å². The molecule has 0 saturated carbocycles. The van der Waals surface area contributed by atoms with Crippen molar-refractivity contribution >= 4 is 34.1 Å². The van der Waals surface area contributed by atoms with Gasteiger partial charge in [-0.05, 0) is 76.0 Å². The van der Waals surface area contributed by atoms with Gasteiger partial charge < -0.3 is 16.4 Å². The van der Waals surface area contributed by atoms with Crippen LogP contribution in [0.25, 0.3) is 10.9 Å². The molecule has 1 fully saturated rings. The maximum absolute atomic E-state index is 12.9. The molecule has 2 heterocycles. The van der Waals surface area contributed by atoms with Crippen LogP contribution in [0, 0.1) is 5.92 Å². The molecule has 8 heteroatoms. The molecule has 4 rings (SSSR count). The highest BCUT2D eigenvalue weighted by Gasteiger charge is 2.23. The third-order valence-electron chi connectivity index (χ3n) is 6.14. The summed E-state index contributed by atoms with van der Waals surface area (Å²) in [6.45, 7) is 6.77. The Kier molecular flexibility index (Phi) is 6.93. The van der Waals surface area contributed by atoms with Gasteiger partial charge in [-0.1, -0.05) is 18.2 Å². The molecule has 2 amide bonds. The summed E-state index contributed by atoms with van der Waals surface area (Å²) in [6, 6.07) is 15.2. The normalized spacial score (nSPS) is 15.1. The summed E-state index contributed by atoms with van der Waals surface area (Å²) < 4.78 is 1.90. The number of hydrogen-bond acceptors (Lipinski definition) is 5. The van der Waals surface area contributed by atoms with Crippen LogP contribution >= 0.6 is 0 Å². The number of nitrogens with zero attached hydrogens (tertiary/aromatic N) is 3. The number of amides is 2. The number of anilines is 2. The molecule has 0 aliphatic carbocycles. The number of aromatic nitrogens is 2. The van der Waals surface area contributed by atoms with Crippen LogP contribution in [-0.4, -0.2) is 52.7 Å². The molecule has 1 aliphatic heterocycles. The van der Waals surface area contributed by atoms with E-state index in [0.29, 0.717) is 30.4 Å². The third-order valence-corrected chi connectivity index (χ3v) is 6.14.